The second-order valence-electron chi connectivity index (χ2n) is 5.82. The van der Waals surface area contributed by atoms with E-state index in [1.807, 2.05) is 18.4 Å². The van der Waals surface area contributed by atoms with Gasteiger partial charge in [0.15, 0.2) is 11.6 Å². The van der Waals surface area contributed by atoms with Crippen molar-refractivity contribution >= 4 is 33.5 Å². The molecule has 0 saturated carbocycles. The third-order valence-corrected chi connectivity index (χ3v) is 4.95. The molecule has 1 aromatic carbocycles. The summed E-state index contributed by atoms with van der Waals surface area (Å²) in [5.74, 6) is -0.936. The molecule has 8 heteroatoms. The molecule has 0 aliphatic carbocycles. The average Bonchev–Trinajstić information content (AvgIpc) is 3.06. The van der Waals surface area contributed by atoms with Crippen LogP contribution >= 0.6 is 11.3 Å². The SMILES string of the molecule is CCOC.Fc1cc2c(cc1F)Nc1sccc1C(N1CCNCC1)=N2. The molecule has 3 heterocycles. The Labute approximate surface area is 155 Å². The summed E-state index contributed by atoms with van der Waals surface area (Å²) in [5, 5.41) is 9.36. The molecule has 0 radical (unpaired) electrons. The Balaban J connectivity index is 0.000000447. The monoisotopic (exact) mass is 380 g/mol. The summed E-state index contributed by atoms with van der Waals surface area (Å²) in [6, 6.07) is 4.31. The lowest BCUT2D eigenvalue weighted by Crippen LogP contribution is -2.46. The number of rotatable bonds is 1. The topological polar surface area (TPSA) is 48.9 Å². The molecule has 5 nitrogen and oxygen atoms in total. The molecule has 2 aliphatic heterocycles. The molecular weight excluding hydrogens is 358 g/mol. The third-order valence-electron chi connectivity index (χ3n) is 4.12. The van der Waals surface area contributed by atoms with Crippen LogP contribution in [0.3, 0.4) is 0 Å². The Morgan fingerprint density at radius 2 is 1.92 bits per heavy atom. The summed E-state index contributed by atoms with van der Waals surface area (Å²) < 4.78 is 31.6. The van der Waals surface area contributed by atoms with Crippen LogP contribution < -0.4 is 10.6 Å². The van der Waals surface area contributed by atoms with E-state index in [0.717, 1.165) is 55.3 Å². The molecule has 1 saturated heterocycles. The predicted octanol–water partition coefficient (Wildman–Crippen LogP) is 3.72. The molecule has 0 unspecified atom stereocenters. The van der Waals surface area contributed by atoms with Crippen molar-refractivity contribution in [2.24, 2.45) is 4.99 Å². The first-order valence-corrected chi connectivity index (χ1v) is 9.39. The van der Waals surface area contributed by atoms with Crippen LogP contribution in [-0.4, -0.2) is 50.6 Å². The molecule has 2 N–H and O–H groups in total. The van der Waals surface area contributed by atoms with Crippen LogP contribution in [0.2, 0.25) is 0 Å². The molecule has 140 valence electrons. The molecular formula is C18H22F2N4OS. The van der Waals surface area contributed by atoms with Gasteiger partial charge in [0, 0.05) is 52.0 Å². The van der Waals surface area contributed by atoms with E-state index < -0.39 is 11.6 Å². The molecule has 1 aromatic heterocycles. The first-order valence-electron chi connectivity index (χ1n) is 8.51. The number of nitrogens with zero attached hydrogens (tertiary/aromatic N) is 2. The Morgan fingerprint density at radius 1 is 1.23 bits per heavy atom. The quantitative estimate of drug-likeness (QED) is 0.792. The highest BCUT2D eigenvalue weighted by atomic mass is 32.1. The fourth-order valence-electron chi connectivity index (χ4n) is 2.73. The maximum absolute atomic E-state index is 13.6. The number of piperazine rings is 1. The van der Waals surface area contributed by atoms with Crippen molar-refractivity contribution in [1.29, 1.82) is 0 Å². The van der Waals surface area contributed by atoms with Crippen molar-refractivity contribution in [3.05, 3.63) is 40.8 Å². The molecule has 0 atom stereocenters. The number of halogens is 2. The second kappa shape index (κ2) is 8.57. The minimum atomic E-state index is -0.880. The average molecular weight is 380 g/mol. The van der Waals surface area contributed by atoms with Gasteiger partial charge in [-0.2, -0.15) is 0 Å². The zero-order chi connectivity index (χ0) is 18.5. The third kappa shape index (κ3) is 4.03. The van der Waals surface area contributed by atoms with Crippen molar-refractivity contribution in [3.8, 4) is 0 Å². The number of hydrogen-bond acceptors (Lipinski definition) is 6. The number of aliphatic imine (C=N–C) groups is 1. The van der Waals surface area contributed by atoms with E-state index in [-0.39, 0.29) is 0 Å². The summed E-state index contributed by atoms with van der Waals surface area (Å²) >= 11 is 1.53. The number of anilines is 2. The van der Waals surface area contributed by atoms with E-state index in [0.29, 0.717) is 11.4 Å². The van der Waals surface area contributed by atoms with Crippen molar-refractivity contribution in [3.63, 3.8) is 0 Å². The van der Waals surface area contributed by atoms with Gasteiger partial charge in [0.2, 0.25) is 0 Å². The molecule has 26 heavy (non-hydrogen) atoms. The van der Waals surface area contributed by atoms with Gasteiger partial charge in [-0.25, -0.2) is 13.8 Å². The fraction of sp³-hybridized carbons (Fsp3) is 0.389. The Bertz CT molecular complexity index is 785. The highest BCUT2D eigenvalue weighted by Crippen LogP contribution is 2.38. The number of benzene rings is 1. The van der Waals surface area contributed by atoms with Crippen molar-refractivity contribution < 1.29 is 13.5 Å². The number of nitrogens with one attached hydrogen (secondary N) is 2. The molecule has 2 aliphatic rings. The zero-order valence-corrected chi connectivity index (χ0v) is 15.6. The van der Waals surface area contributed by atoms with E-state index in [1.165, 1.54) is 17.4 Å². The van der Waals surface area contributed by atoms with Gasteiger partial charge in [0.05, 0.1) is 16.9 Å². The number of fused-ring (bicyclic) bond motifs is 2. The minimum absolute atomic E-state index is 0.427. The number of amidine groups is 1. The summed E-state index contributed by atoms with van der Waals surface area (Å²) in [6.07, 6.45) is 0. The molecule has 1 fully saturated rings. The molecule has 4 rings (SSSR count). The number of thiophene rings is 1. The smallest absolute Gasteiger partial charge is 0.161 e. The van der Waals surface area contributed by atoms with E-state index in [1.54, 1.807) is 7.11 Å². The van der Waals surface area contributed by atoms with E-state index >= 15 is 0 Å². The van der Waals surface area contributed by atoms with Crippen LogP contribution in [0.5, 0.6) is 0 Å². The maximum atomic E-state index is 13.6. The molecule has 0 spiro atoms. The Morgan fingerprint density at radius 3 is 2.62 bits per heavy atom. The lowest BCUT2D eigenvalue weighted by molar-refractivity contribution is 0.215. The Kier molecular flexibility index (Phi) is 6.18. The molecule has 0 bridgehead atoms. The van der Waals surface area contributed by atoms with Crippen LogP contribution in [0.1, 0.15) is 12.5 Å². The van der Waals surface area contributed by atoms with Gasteiger partial charge in [0.1, 0.15) is 10.8 Å². The van der Waals surface area contributed by atoms with E-state index in [9.17, 15) is 8.78 Å². The number of ether oxygens (including phenoxy) is 1. The molecule has 2 aromatic rings. The largest absolute Gasteiger partial charge is 0.385 e. The van der Waals surface area contributed by atoms with Crippen LogP contribution in [0.25, 0.3) is 0 Å². The van der Waals surface area contributed by atoms with Crippen molar-refractivity contribution in [1.82, 2.24) is 10.2 Å². The standard InChI is InChI=1S/C15H14F2N4S.C3H8O/c16-10-7-12-13(8-11(10)17)20-15-9(1-6-22-15)14(19-12)21-4-2-18-3-5-21;1-3-4-2/h1,6-8,18,20H,2-5H2;3H2,1-2H3. The van der Waals surface area contributed by atoms with Gasteiger partial charge < -0.3 is 20.3 Å². The van der Waals surface area contributed by atoms with Gasteiger partial charge in [-0.05, 0) is 18.4 Å². The van der Waals surface area contributed by atoms with Crippen LogP contribution in [-0.2, 0) is 4.74 Å². The summed E-state index contributed by atoms with van der Waals surface area (Å²) in [6.45, 7) is 6.23. The first-order chi connectivity index (χ1) is 12.6. The zero-order valence-electron chi connectivity index (χ0n) is 14.8. The van der Waals surface area contributed by atoms with Gasteiger partial charge in [-0.15, -0.1) is 11.3 Å². The fourth-order valence-corrected chi connectivity index (χ4v) is 3.52. The minimum Gasteiger partial charge on any atom is -0.385 e. The summed E-state index contributed by atoms with van der Waals surface area (Å²) in [7, 11) is 1.68. The second-order valence-corrected chi connectivity index (χ2v) is 6.74. The molecule has 0 amide bonds. The number of methoxy groups -OCH3 is 1. The van der Waals surface area contributed by atoms with Crippen molar-refractivity contribution in [2.75, 3.05) is 45.2 Å². The lowest BCUT2D eigenvalue weighted by atomic mass is 10.2. The van der Waals surface area contributed by atoms with Gasteiger partial charge in [-0.3, -0.25) is 0 Å². The number of hydrogen-bond donors (Lipinski definition) is 2. The normalized spacial score (nSPS) is 15.7. The van der Waals surface area contributed by atoms with Crippen molar-refractivity contribution in [2.45, 2.75) is 6.92 Å². The Hall–Kier alpha value is -2.03. The summed E-state index contributed by atoms with van der Waals surface area (Å²) in [5.41, 5.74) is 1.90. The van der Waals surface area contributed by atoms with Crippen LogP contribution in [0.15, 0.2) is 28.6 Å². The highest BCUT2D eigenvalue weighted by molar-refractivity contribution is 7.14. The summed E-state index contributed by atoms with van der Waals surface area (Å²) in [4.78, 5) is 6.81. The van der Waals surface area contributed by atoms with Gasteiger partial charge >= 0.3 is 0 Å². The van der Waals surface area contributed by atoms with Crippen LogP contribution in [0.4, 0.5) is 25.2 Å². The first kappa shape index (κ1) is 18.8. The van der Waals surface area contributed by atoms with E-state index in [4.69, 9.17) is 0 Å². The lowest BCUT2D eigenvalue weighted by Gasteiger charge is -2.30. The maximum Gasteiger partial charge on any atom is 0.161 e. The van der Waals surface area contributed by atoms with Gasteiger partial charge in [0.25, 0.3) is 0 Å². The van der Waals surface area contributed by atoms with Gasteiger partial charge in [-0.1, -0.05) is 0 Å². The highest BCUT2D eigenvalue weighted by Gasteiger charge is 2.24. The van der Waals surface area contributed by atoms with Crippen LogP contribution in [0, 0.1) is 11.6 Å². The van der Waals surface area contributed by atoms with E-state index in [2.05, 4.69) is 25.3 Å². The predicted molar refractivity (Wildman–Crippen MR) is 102 cm³/mol.